The van der Waals surface area contributed by atoms with Crippen molar-refractivity contribution < 1.29 is 0 Å². The van der Waals surface area contributed by atoms with Gasteiger partial charge < -0.3 is 0 Å². The molecule has 0 saturated carbocycles. The highest BCUT2D eigenvalue weighted by Crippen LogP contribution is 2.23. The monoisotopic (exact) mass is 210 g/mol. The molecule has 1 N–H and O–H groups in total. The second-order valence-corrected chi connectivity index (χ2v) is 5.41. The van der Waals surface area contributed by atoms with E-state index in [1.54, 1.807) is 0 Å². The smallest absolute Gasteiger partial charge is 0.209 e. The van der Waals surface area contributed by atoms with Crippen LogP contribution in [0, 0.1) is 11.3 Å². The number of aromatic amines is 1. The molecule has 1 aromatic rings. The standard InChI is InChI=1S/C9H14N4S/c1-6(5-10)14-8-11-7(12-13-8)9(2,3)4/h6H,1-4H3,(H,11,12,13)/t6-/m1/s1. The minimum Gasteiger partial charge on any atom is -0.262 e. The third-order valence-corrected chi connectivity index (χ3v) is 2.49. The number of nitriles is 1. The molecule has 1 rings (SSSR count). The largest absolute Gasteiger partial charge is 0.262 e. The highest BCUT2D eigenvalue weighted by atomic mass is 32.2. The van der Waals surface area contributed by atoms with E-state index in [2.05, 4.69) is 42.0 Å². The molecule has 0 saturated heterocycles. The third kappa shape index (κ3) is 2.74. The van der Waals surface area contributed by atoms with Crippen molar-refractivity contribution in [2.24, 2.45) is 0 Å². The zero-order chi connectivity index (χ0) is 10.8. The Balaban J connectivity index is 2.75. The van der Waals surface area contributed by atoms with Gasteiger partial charge in [-0.05, 0) is 6.92 Å². The van der Waals surface area contributed by atoms with Crippen LogP contribution in [0.4, 0.5) is 0 Å². The molecule has 0 radical (unpaired) electrons. The van der Waals surface area contributed by atoms with E-state index in [1.807, 2.05) is 6.92 Å². The Morgan fingerprint density at radius 2 is 2.14 bits per heavy atom. The number of rotatable bonds is 2. The Morgan fingerprint density at radius 1 is 1.50 bits per heavy atom. The maximum absolute atomic E-state index is 8.63. The maximum atomic E-state index is 8.63. The van der Waals surface area contributed by atoms with Crippen LogP contribution in [0.1, 0.15) is 33.5 Å². The molecule has 14 heavy (non-hydrogen) atoms. The minimum absolute atomic E-state index is 0.0261. The highest BCUT2D eigenvalue weighted by Gasteiger charge is 2.19. The first-order chi connectivity index (χ1) is 6.43. The van der Waals surface area contributed by atoms with E-state index in [4.69, 9.17) is 5.26 Å². The van der Waals surface area contributed by atoms with E-state index in [0.717, 1.165) is 5.82 Å². The summed E-state index contributed by atoms with van der Waals surface area (Å²) in [7, 11) is 0. The number of hydrogen-bond donors (Lipinski definition) is 1. The number of nitrogens with one attached hydrogen (secondary N) is 1. The van der Waals surface area contributed by atoms with Crippen LogP contribution in [0.15, 0.2) is 5.16 Å². The Kier molecular flexibility index (Phi) is 3.17. The van der Waals surface area contributed by atoms with Gasteiger partial charge in [0.25, 0.3) is 0 Å². The molecule has 5 heteroatoms. The van der Waals surface area contributed by atoms with Crippen LogP contribution in [-0.4, -0.2) is 20.4 Å². The molecular formula is C9H14N4S. The van der Waals surface area contributed by atoms with Crippen molar-refractivity contribution in [1.29, 1.82) is 5.26 Å². The van der Waals surface area contributed by atoms with E-state index in [1.165, 1.54) is 11.8 Å². The molecule has 0 aliphatic carbocycles. The lowest BCUT2D eigenvalue weighted by Crippen LogP contribution is -2.13. The maximum Gasteiger partial charge on any atom is 0.209 e. The molecule has 4 nitrogen and oxygen atoms in total. The molecule has 0 spiro atoms. The number of hydrogen-bond acceptors (Lipinski definition) is 4. The Bertz CT molecular complexity index is 344. The van der Waals surface area contributed by atoms with Crippen LogP contribution in [0.2, 0.25) is 0 Å². The van der Waals surface area contributed by atoms with Gasteiger partial charge in [-0.1, -0.05) is 32.5 Å². The molecule has 1 heterocycles. The summed E-state index contributed by atoms with van der Waals surface area (Å²) in [6, 6.07) is 2.13. The molecule has 0 unspecified atom stereocenters. The van der Waals surface area contributed by atoms with Crippen molar-refractivity contribution in [1.82, 2.24) is 15.2 Å². The predicted molar refractivity (Wildman–Crippen MR) is 56.0 cm³/mol. The van der Waals surface area contributed by atoms with Crippen molar-refractivity contribution in [2.75, 3.05) is 0 Å². The zero-order valence-corrected chi connectivity index (χ0v) is 9.64. The normalized spacial score (nSPS) is 13.6. The van der Waals surface area contributed by atoms with E-state index < -0.39 is 0 Å². The summed E-state index contributed by atoms with van der Waals surface area (Å²) in [5, 5.41) is 16.1. The van der Waals surface area contributed by atoms with Crippen molar-refractivity contribution in [3.05, 3.63) is 5.82 Å². The predicted octanol–water partition coefficient (Wildman–Crippen LogP) is 2.11. The molecule has 0 aromatic carbocycles. The summed E-state index contributed by atoms with van der Waals surface area (Å²) in [4.78, 5) is 4.31. The molecule has 0 aliphatic rings. The Hall–Kier alpha value is -1.02. The van der Waals surface area contributed by atoms with Crippen LogP contribution in [0.25, 0.3) is 0 Å². The highest BCUT2D eigenvalue weighted by molar-refractivity contribution is 7.99. The first-order valence-corrected chi connectivity index (χ1v) is 5.30. The molecule has 1 aromatic heterocycles. The topological polar surface area (TPSA) is 65.4 Å². The molecule has 76 valence electrons. The van der Waals surface area contributed by atoms with Gasteiger partial charge in [-0.3, -0.25) is 5.10 Å². The summed E-state index contributed by atoms with van der Waals surface area (Å²) in [5.74, 6) is 0.852. The third-order valence-electron chi connectivity index (χ3n) is 1.64. The van der Waals surface area contributed by atoms with Gasteiger partial charge in [-0.25, -0.2) is 4.98 Å². The lowest BCUT2D eigenvalue weighted by atomic mass is 9.96. The van der Waals surface area contributed by atoms with Gasteiger partial charge >= 0.3 is 0 Å². The van der Waals surface area contributed by atoms with Gasteiger partial charge in [0.05, 0.1) is 11.3 Å². The summed E-state index contributed by atoms with van der Waals surface area (Å²) in [6.45, 7) is 8.03. The minimum atomic E-state index is -0.112. The number of H-pyrrole nitrogens is 1. The average Bonchev–Trinajstić information content (AvgIpc) is 2.51. The van der Waals surface area contributed by atoms with Gasteiger partial charge in [0.1, 0.15) is 5.82 Å². The number of aromatic nitrogens is 3. The van der Waals surface area contributed by atoms with Crippen molar-refractivity contribution in [3.63, 3.8) is 0 Å². The van der Waals surface area contributed by atoms with E-state index in [9.17, 15) is 0 Å². The fourth-order valence-electron chi connectivity index (χ4n) is 0.819. The van der Waals surface area contributed by atoms with Gasteiger partial charge in [-0.2, -0.15) is 5.26 Å². The molecule has 0 fully saturated rings. The molecule has 0 aliphatic heterocycles. The van der Waals surface area contributed by atoms with Crippen LogP contribution < -0.4 is 0 Å². The first-order valence-electron chi connectivity index (χ1n) is 4.42. The zero-order valence-electron chi connectivity index (χ0n) is 8.83. The second kappa shape index (κ2) is 4.01. The Labute approximate surface area is 88.1 Å². The van der Waals surface area contributed by atoms with Gasteiger partial charge in [0.2, 0.25) is 5.16 Å². The first kappa shape index (κ1) is 11.1. The van der Waals surface area contributed by atoms with Crippen molar-refractivity contribution in [3.8, 4) is 6.07 Å². The summed E-state index contributed by atoms with van der Waals surface area (Å²) in [5.41, 5.74) is -0.0261. The lowest BCUT2D eigenvalue weighted by molar-refractivity contribution is 0.547. The lowest BCUT2D eigenvalue weighted by Gasteiger charge is -2.12. The molecule has 0 bridgehead atoms. The van der Waals surface area contributed by atoms with Crippen LogP contribution in [-0.2, 0) is 5.41 Å². The van der Waals surface area contributed by atoms with Crippen LogP contribution in [0.3, 0.4) is 0 Å². The van der Waals surface area contributed by atoms with Crippen molar-refractivity contribution >= 4 is 11.8 Å². The molecule has 0 amide bonds. The summed E-state index contributed by atoms with van der Waals surface area (Å²) < 4.78 is 0. The van der Waals surface area contributed by atoms with E-state index in [-0.39, 0.29) is 10.7 Å². The van der Waals surface area contributed by atoms with Gasteiger partial charge in [0, 0.05) is 5.41 Å². The van der Waals surface area contributed by atoms with Gasteiger partial charge in [-0.15, -0.1) is 5.10 Å². The fourth-order valence-corrected chi connectivity index (χ4v) is 1.43. The Morgan fingerprint density at radius 3 is 2.57 bits per heavy atom. The summed E-state index contributed by atoms with van der Waals surface area (Å²) >= 11 is 1.37. The van der Waals surface area contributed by atoms with Crippen molar-refractivity contribution in [2.45, 2.75) is 43.5 Å². The average molecular weight is 210 g/mol. The fraction of sp³-hybridized carbons (Fsp3) is 0.667. The van der Waals surface area contributed by atoms with Gasteiger partial charge in [0.15, 0.2) is 0 Å². The second-order valence-electron chi connectivity index (χ2n) is 4.11. The quantitative estimate of drug-likeness (QED) is 0.759. The summed E-state index contributed by atoms with van der Waals surface area (Å²) in [6.07, 6.45) is 0. The van der Waals surface area contributed by atoms with E-state index >= 15 is 0 Å². The molecule has 1 atom stereocenters. The van der Waals surface area contributed by atoms with E-state index in [0.29, 0.717) is 5.16 Å². The molecular weight excluding hydrogens is 196 g/mol. The van der Waals surface area contributed by atoms with Crippen LogP contribution >= 0.6 is 11.8 Å². The number of nitrogens with zero attached hydrogens (tertiary/aromatic N) is 3. The SMILES string of the molecule is C[C@H](C#N)Sc1n[nH]c(C(C)(C)C)n1. The number of thioether (sulfide) groups is 1. The van der Waals surface area contributed by atoms with Crippen LogP contribution in [0.5, 0.6) is 0 Å².